The summed E-state index contributed by atoms with van der Waals surface area (Å²) in [5.74, 6) is 1.23. The van der Waals surface area contributed by atoms with E-state index in [1.807, 2.05) is 18.2 Å². The first-order valence-electron chi connectivity index (χ1n) is 10.1. The minimum atomic E-state index is -0.108. The van der Waals surface area contributed by atoms with Crippen molar-refractivity contribution in [2.24, 2.45) is 0 Å². The Morgan fingerprint density at radius 3 is 2.54 bits per heavy atom. The van der Waals surface area contributed by atoms with Gasteiger partial charge in [-0.2, -0.15) is 0 Å². The summed E-state index contributed by atoms with van der Waals surface area (Å²) in [6.45, 7) is 3.00. The number of anilines is 1. The molecular weight excluding hydrogens is 352 g/mol. The van der Waals surface area contributed by atoms with E-state index in [4.69, 9.17) is 9.47 Å². The second-order valence-electron chi connectivity index (χ2n) is 7.14. The average Bonchev–Trinajstić information content (AvgIpc) is 2.76. The molecule has 1 fully saturated rings. The maximum atomic E-state index is 11.9. The number of hydrogen-bond acceptors (Lipinski definition) is 4. The lowest BCUT2D eigenvalue weighted by molar-refractivity contribution is -0.123. The van der Waals surface area contributed by atoms with E-state index in [1.54, 1.807) is 13.2 Å². The molecule has 150 valence electrons. The first kappa shape index (κ1) is 20.1. The van der Waals surface area contributed by atoms with Crippen LogP contribution < -0.4 is 19.7 Å². The minimum Gasteiger partial charge on any atom is -0.497 e. The minimum absolute atomic E-state index is 0.0116. The third-order valence-corrected chi connectivity index (χ3v) is 5.03. The van der Waals surface area contributed by atoms with Crippen LogP contribution in [0.3, 0.4) is 0 Å². The quantitative estimate of drug-likeness (QED) is 0.670. The van der Waals surface area contributed by atoms with Gasteiger partial charge in [0.15, 0.2) is 6.61 Å². The SMILES string of the molecule is COc1cccc(OCC(=O)NCCCc2ccc(N3CCCCC3)cc2)c1. The highest BCUT2D eigenvalue weighted by atomic mass is 16.5. The Balaban J connectivity index is 1.33. The van der Waals surface area contributed by atoms with Crippen molar-refractivity contribution in [2.45, 2.75) is 32.1 Å². The summed E-state index contributed by atoms with van der Waals surface area (Å²) in [4.78, 5) is 14.4. The van der Waals surface area contributed by atoms with E-state index >= 15 is 0 Å². The molecule has 3 rings (SSSR count). The van der Waals surface area contributed by atoms with Crippen molar-refractivity contribution in [3.05, 3.63) is 54.1 Å². The fourth-order valence-electron chi connectivity index (χ4n) is 3.44. The number of hydrogen-bond donors (Lipinski definition) is 1. The standard InChI is InChI=1S/C23H30N2O3/c1-27-21-8-5-9-22(17-21)28-18-23(26)24-14-6-7-19-10-12-20(13-11-19)25-15-3-2-4-16-25/h5,8-13,17H,2-4,6-7,14-16,18H2,1H3,(H,24,26). The van der Waals surface area contributed by atoms with Crippen LogP contribution in [0.1, 0.15) is 31.2 Å². The molecular formula is C23H30N2O3. The molecule has 1 amide bonds. The Labute approximate surface area is 167 Å². The zero-order valence-electron chi connectivity index (χ0n) is 16.7. The monoisotopic (exact) mass is 382 g/mol. The molecule has 2 aromatic rings. The van der Waals surface area contributed by atoms with Crippen molar-refractivity contribution in [1.29, 1.82) is 0 Å². The van der Waals surface area contributed by atoms with Gasteiger partial charge >= 0.3 is 0 Å². The molecule has 5 heteroatoms. The Morgan fingerprint density at radius 1 is 1.04 bits per heavy atom. The number of rotatable bonds is 9. The molecule has 0 radical (unpaired) electrons. The summed E-state index contributed by atoms with van der Waals surface area (Å²) in [6.07, 6.45) is 5.81. The molecule has 1 heterocycles. The van der Waals surface area contributed by atoms with Gasteiger partial charge in [-0.1, -0.05) is 18.2 Å². The summed E-state index contributed by atoms with van der Waals surface area (Å²) >= 11 is 0. The maximum absolute atomic E-state index is 11.9. The molecule has 0 spiro atoms. The van der Waals surface area contributed by atoms with Crippen LogP contribution in [0.5, 0.6) is 11.5 Å². The molecule has 0 aromatic heterocycles. The van der Waals surface area contributed by atoms with E-state index in [2.05, 4.69) is 34.5 Å². The molecule has 0 saturated carbocycles. The highest BCUT2D eigenvalue weighted by molar-refractivity contribution is 5.77. The fraction of sp³-hybridized carbons (Fsp3) is 0.435. The number of methoxy groups -OCH3 is 1. The van der Waals surface area contributed by atoms with Crippen LogP contribution in [0.15, 0.2) is 48.5 Å². The number of amides is 1. The third-order valence-electron chi connectivity index (χ3n) is 5.03. The highest BCUT2D eigenvalue weighted by Crippen LogP contribution is 2.21. The first-order valence-corrected chi connectivity index (χ1v) is 10.1. The van der Waals surface area contributed by atoms with E-state index in [0.29, 0.717) is 18.0 Å². The smallest absolute Gasteiger partial charge is 0.257 e. The van der Waals surface area contributed by atoms with Gasteiger partial charge in [0.2, 0.25) is 0 Å². The van der Waals surface area contributed by atoms with Crippen molar-refractivity contribution in [3.63, 3.8) is 0 Å². The van der Waals surface area contributed by atoms with Gasteiger partial charge < -0.3 is 19.7 Å². The number of aryl methyl sites for hydroxylation is 1. The van der Waals surface area contributed by atoms with Crippen LogP contribution in [-0.4, -0.2) is 39.3 Å². The van der Waals surface area contributed by atoms with Crippen molar-refractivity contribution < 1.29 is 14.3 Å². The zero-order chi connectivity index (χ0) is 19.6. The average molecular weight is 383 g/mol. The van der Waals surface area contributed by atoms with Crippen molar-refractivity contribution >= 4 is 11.6 Å². The summed E-state index contributed by atoms with van der Waals surface area (Å²) < 4.78 is 10.6. The molecule has 0 aliphatic carbocycles. The Bertz CT molecular complexity index is 740. The number of nitrogens with one attached hydrogen (secondary N) is 1. The van der Waals surface area contributed by atoms with E-state index < -0.39 is 0 Å². The van der Waals surface area contributed by atoms with Crippen molar-refractivity contribution in [1.82, 2.24) is 5.32 Å². The lowest BCUT2D eigenvalue weighted by Crippen LogP contribution is -2.30. The van der Waals surface area contributed by atoms with Gasteiger partial charge in [0.1, 0.15) is 11.5 Å². The zero-order valence-corrected chi connectivity index (χ0v) is 16.7. The first-order chi connectivity index (χ1) is 13.7. The fourth-order valence-corrected chi connectivity index (χ4v) is 3.44. The van der Waals surface area contributed by atoms with E-state index in [0.717, 1.165) is 12.8 Å². The maximum Gasteiger partial charge on any atom is 0.257 e. The Kier molecular flexibility index (Phi) is 7.59. The van der Waals surface area contributed by atoms with E-state index in [-0.39, 0.29) is 12.5 Å². The lowest BCUT2D eigenvalue weighted by atomic mass is 10.1. The van der Waals surface area contributed by atoms with Crippen LogP contribution in [0, 0.1) is 0 Å². The van der Waals surface area contributed by atoms with Crippen LogP contribution in [0.25, 0.3) is 0 Å². The Morgan fingerprint density at radius 2 is 1.79 bits per heavy atom. The van der Waals surface area contributed by atoms with Gasteiger partial charge in [-0.05, 0) is 61.9 Å². The van der Waals surface area contributed by atoms with E-state index in [9.17, 15) is 4.79 Å². The highest BCUT2D eigenvalue weighted by Gasteiger charge is 2.10. The topological polar surface area (TPSA) is 50.8 Å². The Hall–Kier alpha value is -2.69. The number of benzene rings is 2. The molecule has 1 saturated heterocycles. The number of piperidine rings is 1. The summed E-state index contributed by atoms with van der Waals surface area (Å²) in [7, 11) is 1.60. The van der Waals surface area contributed by atoms with Gasteiger partial charge in [-0.3, -0.25) is 4.79 Å². The predicted molar refractivity (Wildman–Crippen MR) is 112 cm³/mol. The largest absolute Gasteiger partial charge is 0.497 e. The van der Waals surface area contributed by atoms with Gasteiger partial charge in [-0.15, -0.1) is 0 Å². The summed E-state index contributed by atoms with van der Waals surface area (Å²) in [6, 6.07) is 16.1. The van der Waals surface area contributed by atoms with E-state index in [1.165, 1.54) is 43.6 Å². The van der Waals surface area contributed by atoms with Gasteiger partial charge in [0.25, 0.3) is 5.91 Å². The second-order valence-corrected chi connectivity index (χ2v) is 7.14. The molecule has 2 aromatic carbocycles. The molecule has 0 bridgehead atoms. The van der Waals surface area contributed by atoms with Crippen molar-refractivity contribution in [3.8, 4) is 11.5 Å². The third kappa shape index (κ3) is 6.19. The van der Waals surface area contributed by atoms with Crippen LogP contribution in [0.2, 0.25) is 0 Å². The molecule has 1 aliphatic rings. The van der Waals surface area contributed by atoms with Gasteiger partial charge in [0.05, 0.1) is 7.11 Å². The molecule has 28 heavy (non-hydrogen) atoms. The lowest BCUT2D eigenvalue weighted by Gasteiger charge is -2.28. The normalized spacial score (nSPS) is 13.8. The molecule has 5 nitrogen and oxygen atoms in total. The number of carbonyl (C=O) groups is 1. The molecule has 0 atom stereocenters. The molecule has 0 unspecified atom stereocenters. The summed E-state index contributed by atoms with van der Waals surface area (Å²) in [5, 5.41) is 2.91. The van der Waals surface area contributed by atoms with Gasteiger partial charge in [-0.25, -0.2) is 0 Å². The van der Waals surface area contributed by atoms with Crippen LogP contribution in [0.4, 0.5) is 5.69 Å². The van der Waals surface area contributed by atoms with Crippen LogP contribution in [-0.2, 0) is 11.2 Å². The van der Waals surface area contributed by atoms with Crippen molar-refractivity contribution in [2.75, 3.05) is 38.3 Å². The predicted octanol–water partition coefficient (Wildman–Crippen LogP) is 3.81. The molecule has 1 aliphatic heterocycles. The second kappa shape index (κ2) is 10.6. The molecule has 1 N–H and O–H groups in total. The van der Waals surface area contributed by atoms with Gasteiger partial charge in [0, 0.05) is 31.4 Å². The van der Waals surface area contributed by atoms with Crippen LogP contribution >= 0.6 is 0 Å². The number of carbonyl (C=O) groups excluding carboxylic acids is 1. The number of ether oxygens (including phenoxy) is 2. The summed E-state index contributed by atoms with van der Waals surface area (Å²) in [5.41, 5.74) is 2.63. The number of nitrogens with zero attached hydrogens (tertiary/aromatic N) is 1.